The molecule has 1 aliphatic rings. The second-order valence-corrected chi connectivity index (χ2v) is 6.97. The van der Waals surface area contributed by atoms with Crippen LogP contribution in [-0.2, 0) is 14.3 Å². The molecule has 0 bridgehead atoms. The topological polar surface area (TPSA) is 101 Å². The van der Waals surface area contributed by atoms with Crippen molar-refractivity contribution in [3.05, 3.63) is 11.8 Å². The van der Waals surface area contributed by atoms with Crippen LogP contribution in [-0.4, -0.2) is 64.5 Å². The summed E-state index contributed by atoms with van der Waals surface area (Å²) in [6.45, 7) is 5.08. The highest BCUT2D eigenvalue weighted by Crippen LogP contribution is 2.22. The Hall–Kier alpha value is -2.16. The van der Waals surface area contributed by atoms with Crippen LogP contribution in [0.3, 0.4) is 0 Å². The highest BCUT2D eigenvalue weighted by molar-refractivity contribution is 7.98. The van der Waals surface area contributed by atoms with Gasteiger partial charge in [-0.15, -0.1) is 0 Å². The molecular weight excluding hydrogens is 368 g/mol. The number of anilines is 1. The van der Waals surface area contributed by atoms with Gasteiger partial charge in [0.25, 0.3) is 0 Å². The molecule has 27 heavy (non-hydrogen) atoms. The van der Waals surface area contributed by atoms with Gasteiger partial charge in [-0.1, -0.05) is 18.7 Å². The van der Waals surface area contributed by atoms with E-state index in [9.17, 15) is 14.4 Å². The Morgan fingerprint density at radius 3 is 2.81 bits per heavy atom. The number of nitrogens with one attached hydrogen (secondary N) is 1. The van der Waals surface area contributed by atoms with Gasteiger partial charge in [-0.25, -0.2) is 9.97 Å². The molecule has 1 amide bonds. The molecule has 1 aliphatic heterocycles. The SMILES string of the molecule is CCOC(=O)CC(=O)c1cnc(SC)nc1N[C@@H]1CCCN(C(=O)CC)C1. The molecule has 9 heteroatoms. The van der Waals surface area contributed by atoms with E-state index in [2.05, 4.69) is 15.3 Å². The van der Waals surface area contributed by atoms with Gasteiger partial charge in [0.15, 0.2) is 10.9 Å². The second-order valence-electron chi connectivity index (χ2n) is 6.20. The van der Waals surface area contributed by atoms with Crippen LogP contribution >= 0.6 is 11.8 Å². The number of carbonyl (C=O) groups is 3. The lowest BCUT2D eigenvalue weighted by molar-refractivity contribution is -0.142. The van der Waals surface area contributed by atoms with Crippen LogP contribution in [0.1, 0.15) is 49.9 Å². The van der Waals surface area contributed by atoms with Gasteiger partial charge in [-0.2, -0.15) is 0 Å². The fourth-order valence-electron chi connectivity index (χ4n) is 2.95. The number of carbonyl (C=O) groups excluding carboxylic acids is 3. The zero-order chi connectivity index (χ0) is 19.8. The molecule has 0 aliphatic carbocycles. The molecule has 0 unspecified atom stereocenters. The van der Waals surface area contributed by atoms with E-state index >= 15 is 0 Å². The number of ether oxygens (including phenoxy) is 1. The number of nitrogens with zero attached hydrogens (tertiary/aromatic N) is 3. The summed E-state index contributed by atoms with van der Waals surface area (Å²) in [5, 5.41) is 3.82. The van der Waals surface area contributed by atoms with E-state index < -0.39 is 5.97 Å². The Morgan fingerprint density at radius 2 is 2.15 bits per heavy atom. The Kier molecular flexibility index (Phi) is 8.02. The summed E-state index contributed by atoms with van der Waals surface area (Å²) in [6.07, 6.45) is 5.17. The van der Waals surface area contributed by atoms with E-state index in [1.165, 1.54) is 18.0 Å². The maximum atomic E-state index is 12.5. The van der Waals surface area contributed by atoms with Gasteiger partial charge < -0.3 is 15.0 Å². The smallest absolute Gasteiger partial charge is 0.313 e. The summed E-state index contributed by atoms with van der Waals surface area (Å²) in [7, 11) is 0. The number of hydrogen-bond donors (Lipinski definition) is 1. The van der Waals surface area contributed by atoms with Gasteiger partial charge in [0.05, 0.1) is 12.2 Å². The number of thioether (sulfide) groups is 1. The Morgan fingerprint density at radius 1 is 1.37 bits per heavy atom. The molecule has 1 N–H and O–H groups in total. The molecule has 2 heterocycles. The largest absolute Gasteiger partial charge is 0.466 e. The predicted molar refractivity (Wildman–Crippen MR) is 103 cm³/mol. The summed E-state index contributed by atoms with van der Waals surface area (Å²) < 4.78 is 4.85. The number of amides is 1. The van der Waals surface area contributed by atoms with E-state index in [1.54, 1.807) is 6.92 Å². The van der Waals surface area contributed by atoms with Crippen molar-refractivity contribution in [3.63, 3.8) is 0 Å². The maximum Gasteiger partial charge on any atom is 0.313 e. The third-order valence-electron chi connectivity index (χ3n) is 4.28. The van der Waals surface area contributed by atoms with E-state index in [0.29, 0.717) is 23.9 Å². The molecule has 0 radical (unpaired) electrons. The number of piperidine rings is 1. The zero-order valence-corrected chi connectivity index (χ0v) is 16.8. The molecular formula is C18H26N4O4S. The van der Waals surface area contributed by atoms with Gasteiger partial charge in [0.2, 0.25) is 5.91 Å². The molecule has 1 fully saturated rings. The lowest BCUT2D eigenvalue weighted by Crippen LogP contribution is -2.45. The first-order valence-electron chi connectivity index (χ1n) is 9.12. The van der Waals surface area contributed by atoms with Gasteiger partial charge in [-0.3, -0.25) is 14.4 Å². The van der Waals surface area contributed by atoms with Crippen LogP contribution in [0.25, 0.3) is 0 Å². The number of hydrogen-bond acceptors (Lipinski definition) is 8. The van der Waals surface area contributed by atoms with Crippen molar-refractivity contribution in [2.24, 2.45) is 0 Å². The third kappa shape index (κ3) is 5.92. The first kappa shape index (κ1) is 21.1. The molecule has 0 aromatic carbocycles. The Balaban J connectivity index is 2.17. The van der Waals surface area contributed by atoms with E-state index in [1.807, 2.05) is 18.1 Å². The van der Waals surface area contributed by atoms with Crippen LogP contribution in [0.2, 0.25) is 0 Å². The van der Waals surface area contributed by atoms with Crippen LogP contribution in [0.15, 0.2) is 11.4 Å². The first-order valence-corrected chi connectivity index (χ1v) is 10.3. The monoisotopic (exact) mass is 394 g/mol. The van der Waals surface area contributed by atoms with Crippen molar-refractivity contribution in [2.45, 2.75) is 50.7 Å². The van der Waals surface area contributed by atoms with Crippen molar-refractivity contribution in [1.82, 2.24) is 14.9 Å². The molecule has 0 spiro atoms. The van der Waals surface area contributed by atoms with Crippen molar-refractivity contribution in [2.75, 3.05) is 31.3 Å². The molecule has 1 aromatic rings. The predicted octanol–water partition coefficient (Wildman–Crippen LogP) is 2.15. The molecule has 0 saturated carbocycles. The van der Waals surface area contributed by atoms with Gasteiger partial charge >= 0.3 is 5.97 Å². The van der Waals surface area contributed by atoms with Crippen LogP contribution in [0, 0.1) is 0 Å². The number of aromatic nitrogens is 2. The second kappa shape index (κ2) is 10.2. The molecule has 1 aromatic heterocycles. The molecule has 1 atom stereocenters. The quantitative estimate of drug-likeness (QED) is 0.235. The minimum atomic E-state index is -0.570. The molecule has 148 valence electrons. The molecule has 2 rings (SSSR count). The van der Waals surface area contributed by atoms with Crippen LogP contribution in [0.5, 0.6) is 0 Å². The van der Waals surface area contributed by atoms with E-state index in [-0.39, 0.29) is 36.3 Å². The zero-order valence-electron chi connectivity index (χ0n) is 16.0. The number of Topliss-reactive ketones (excluding diaryl/α,β-unsaturated/α-hetero) is 1. The average Bonchev–Trinajstić information content (AvgIpc) is 2.67. The summed E-state index contributed by atoms with van der Waals surface area (Å²) in [5.41, 5.74) is 0.264. The minimum absolute atomic E-state index is 0.00648. The van der Waals surface area contributed by atoms with Gasteiger partial charge in [0, 0.05) is 31.7 Å². The van der Waals surface area contributed by atoms with Crippen LogP contribution < -0.4 is 5.32 Å². The normalized spacial score (nSPS) is 16.7. The third-order valence-corrected chi connectivity index (χ3v) is 4.84. The van der Waals surface area contributed by atoms with Crippen molar-refractivity contribution < 1.29 is 19.1 Å². The standard InChI is InChI=1S/C18H26N4O4S/c1-4-15(24)22-8-6-7-12(11-22)20-17-13(10-19-18(21-17)27-3)14(23)9-16(25)26-5-2/h10,12H,4-9,11H2,1-3H3,(H,19,20,21)/t12-/m1/s1. The van der Waals surface area contributed by atoms with Gasteiger partial charge in [0.1, 0.15) is 12.2 Å². The number of rotatable bonds is 8. The van der Waals surface area contributed by atoms with Crippen LogP contribution in [0.4, 0.5) is 5.82 Å². The van der Waals surface area contributed by atoms with E-state index in [0.717, 1.165) is 19.4 Å². The summed E-state index contributed by atoms with van der Waals surface area (Å²) >= 11 is 1.37. The fourth-order valence-corrected chi connectivity index (χ4v) is 3.30. The lowest BCUT2D eigenvalue weighted by atomic mass is 10.0. The highest BCUT2D eigenvalue weighted by atomic mass is 32.2. The summed E-state index contributed by atoms with van der Waals surface area (Å²) in [5.74, 6) is -0.437. The highest BCUT2D eigenvalue weighted by Gasteiger charge is 2.25. The number of esters is 1. The number of likely N-dealkylation sites (tertiary alicyclic amines) is 1. The van der Waals surface area contributed by atoms with E-state index in [4.69, 9.17) is 4.74 Å². The summed E-state index contributed by atoms with van der Waals surface area (Å²) in [4.78, 5) is 46.6. The number of ketones is 1. The molecule has 1 saturated heterocycles. The average molecular weight is 394 g/mol. The summed E-state index contributed by atoms with van der Waals surface area (Å²) in [6, 6.07) is -0.00648. The van der Waals surface area contributed by atoms with Crippen molar-refractivity contribution >= 4 is 35.2 Å². The Bertz CT molecular complexity index is 698. The minimum Gasteiger partial charge on any atom is -0.466 e. The van der Waals surface area contributed by atoms with Gasteiger partial charge in [-0.05, 0) is 26.0 Å². The first-order chi connectivity index (χ1) is 13.0. The molecule has 8 nitrogen and oxygen atoms in total. The fraction of sp³-hybridized carbons (Fsp3) is 0.611. The Labute approximate surface area is 163 Å². The van der Waals surface area contributed by atoms with Crippen molar-refractivity contribution in [1.29, 1.82) is 0 Å². The van der Waals surface area contributed by atoms with Crippen molar-refractivity contribution in [3.8, 4) is 0 Å². The lowest BCUT2D eigenvalue weighted by Gasteiger charge is -2.33. The maximum absolute atomic E-state index is 12.5.